The number of rotatable bonds is 2. The maximum Gasteiger partial charge on any atom is 0.272 e. The molecule has 0 aliphatic heterocycles. The van der Waals surface area contributed by atoms with Crippen LogP contribution < -0.4 is 11.1 Å². The molecule has 0 fully saturated rings. The van der Waals surface area contributed by atoms with Gasteiger partial charge in [0.05, 0.1) is 11.4 Å². The molecule has 0 saturated carbocycles. The normalized spacial score (nSPS) is 10.4. The fraction of sp³-hybridized carbons (Fsp3) is 0.0833. The topological polar surface area (TPSA) is 60.0 Å². The van der Waals surface area contributed by atoms with Gasteiger partial charge in [0.1, 0.15) is 11.5 Å². The number of aryl methyl sites for hydroxylation is 1. The number of benzene rings is 1. The van der Waals surface area contributed by atoms with Crippen molar-refractivity contribution in [2.75, 3.05) is 11.1 Å². The molecule has 0 aliphatic carbocycles. The molecule has 0 spiro atoms. The van der Waals surface area contributed by atoms with Gasteiger partial charge in [-0.2, -0.15) is 0 Å². The smallest absolute Gasteiger partial charge is 0.272 e. The minimum Gasteiger partial charge on any atom is -0.397 e. The number of carbonyl (C=O) groups is 1. The number of hydrogen-bond acceptors (Lipinski definition) is 2. The minimum absolute atomic E-state index is 0.304. The van der Waals surface area contributed by atoms with Gasteiger partial charge < -0.3 is 15.6 Å². The molecule has 0 bridgehead atoms. The zero-order valence-corrected chi connectivity index (χ0v) is 11.2. The Morgan fingerprint density at radius 1 is 1.44 bits per heavy atom. The van der Waals surface area contributed by atoms with Gasteiger partial charge >= 0.3 is 0 Å². The highest BCUT2D eigenvalue weighted by Gasteiger charge is 2.12. The van der Waals surface area contributed by atoms with Gasteiger partial charge in [0.2, 0.25) is 0 Å². The molecule has 18 heavy (non-hydrogen) atoms. The van der Waals surface area contributed by atoms with Crippen LogP contribution in [-0.4, -0.2) is 10.5 Å². The van der Waals surface area contributed by atoms with E-state index in [0.29, 0.717) is 21.5 Å². The van der Waals surface area contributed by atoms with Crippen LogP contribution in [-0.2, 0) is 7.05 Å². The Hall–Kier alpha value is -1.82. The number of halogens is 2. The zero-order chi connectivity index (χ0) is 13.3. The van der Waals surface area contributed by atoms with Gasteiger partial charge in [0.25, 0.3) is 5.91 Å². The van der Waals surface area contributed by atoms with Gasteiger partial charge in [0, 0.05) is 17.7 Å². The van der Waals surface area contributed by atoms with E-state index in [1.165, 1.54) is 18.2 Å². The molecule has 94 valence electrons. The molecule has 6 heteroatoms. The highest BCUT2D eigenvalue weighted by Crippen LogP contribution is 2.23. The van der Waals surface area contributed by atoms with Crippen molar-refractivity contribution in [2.24, 2.45) is 7.05 Å². The SMILES string of the molecule is Cn1cc(N)cc1C(=O)Nc1ccc(F)cc1Br. The molecule has 1 aromatic carbocycles. The molecule has 1 heterocycles. The summed E-state index contributed by atoms with van der Waals surface area (Å²) < 4.78 is 15.0. The van der Waals surface area contributed by atoms with Crippen molar-refractivity contribution < 1.29 is 9.18 Å². The fourth-order valence-corrected chi connectivity index (χ4v) is 2.04. The lowest BCUT2D eigenvalue weighted by Gasteiger charge is -2.07. The second-order valence-corrected chi connectivity index (χ2v) is 4.70. The summed E-state index contributed by atoms with van der Waals surface area (Å²) in [5, 5.41) is 2.68. The van der Waals surface area contributed by atoms with Gasteiger partial charge in [-0.3, -0.25) is 4.79 Å². The lowest BCUT2D eigenvalue weighted by molar-refractivity contribution is 0.101. The van der Waals surface area contributed by atoms with Crippen LogP contribution in [0.5, 0.6) is 0 Å². The monoisotopic (exact) mass is 311 g/mol. The Kier molecular flexibility index (Phi) is 3.38. The fourth-order valence-electron chi connectivity index (χ4n) is 1.59. The molecule has 2 rings (SSSR count). The minimum atomic E-state index is -0.372. The third-order valence-electron chi connectivity index (χ3n) is 2.44. The van der Waals surface area contributed by atoms with Gasteiger partial charge in [-0.1, -0.05) is 0 Å². The van der Waals surface area contributed by atoms with E-state index in [1.54, 1.807) is 23.9 Å². The predicted octanol–water partition coefficient (Wildman–Crippen LogP) is 2.76. The molecule has 0 radical (unpaired) electrons. The van der Waals surface area contributed by atoms with Crippen LogP contribution >= 0.6 is 15.9 Å². The van der Waals surface area contributed by atoms with Crippen LogP contribution in [0, 0.1) is 5.82 Å². The Morgan fingerprint density at radius 3 is 2.72 bits per heavy atom. The van der Waals surface area contributed by atoms with Crippen LogP contribution in [0.15, 0.2) is 34.9 Å². The van der Waals surface area contributed by atoms with Gasteiger partial charge in [-0.25, -0.2) is 4.39 Å². The van der Waals surface area contributed by atoms with Gasteiger partial charge in [0.15, 0.2) is 0 Å². The molecule has 0 atom stereocenters. The number of amides is 1. The molecule has 3 N–H and O–H groups in total. The van der Waals surface area contributed by atoms with E-state index in [0.717, 1.165) is 0 Å². The quantitative estimate of drug-likeness (QED) is 0.896. The number of nitrogens with two attached hydrogens (primary N) is 1. The van der Waals surface area contributed by atoms with E-state index in [2.05, 4.69) is 21.2 Å². The first-order valence-electron chi connectivity index (χ1n) is 5.15. The van der Waals surface area contributed by atoms with Gasteiger partial charge in [-0.05, 0) is 40.2 Å². The Balaban J connectivity index is 2.24. The summed E-state index contributed by atoms with van der Waals surface area (Å²) in [6.07, 6.45) is 1.65. The third-order valence-corrected chi connectivity index (χ3v) is 3.09. The van der Waals surface area contributed by atoms with Crippen molar-refractivity contribution in [1.82, 2.24) is 4.57 Å². The highest BCUT2D eigenvalue weighted by molar-refractivity contribution is 9.10. The average molecular weight is 312 g/mol. The highest BCUT2D eigenvalue weighted by atomic mass is 79.9. The van der Waals surface area contributed by atoms with Crippen molar-refractivity contribution >= 4 is 33.2 Å². The van der Waals surface area contributed by atoms with Crippen LogP contribution in [0.3, 0.4) is 0 Å². The van der Waals surface area contributed by atoms with E-state index in [9.17, 15) is 9.18 Å². The van der Waals surface area contributed by atoms with Crippen molar-refractivity contribution in [1.29, 1.82) is 0 Å². The van der Waals surface area contributed by atoms with Gasteiger partial charge in [-0.15, -0.1) is 0 Å². The Morgan fingerprint density at radius 2 is 2.17 bits per heavy atom. The van der Waals surface area contributed by atoms with Crippen molar-refractivity contribution in [3.05, 3.63) is 46.4 Å². The number of nitrogens with one attached hydrogen (secondary N) is 1. The first-order chi connectivity index (χ1) is 8.47. The number of hydrogen-bond donors (Lipinski definition) is 2. The largest absolute Gasteiger partial charge is 0.397 e. The second-order valence-electron chi connectivity index (χ2n) is 3.85. The van der Waals surface area contributed by atoms with Crippen LogP contribution in [0.2, 0.25) is 0 Å². The number of nitrogens with zero attached hydrogens (tertiary/aromatic N) is 1. The summed E-state index contributed by atoms with van der Waals surface area (Å²) in [5.41, 5.74) is 7.05. The first-order valence-corrected chi connectivity index (χ1v) is 5.95. The number of nitrogen functional groups attached to an aromatic ring is 1. The molecule has 0 aliphatic rings. The summed E-state index contributed by atoms with van der Waals surface area (Å²) in [4.78, 5) is 12.0. The molecular formula is C12H11BrFN3O. The standard InChI is InChI=1S/C12H11BrFN3O/c1-17-6-8(15)5-11(17)12(18)16-10-3-2-7(14)4-9(10)13/h2-6H,15H2,1H3,(H,16,18). The molecule has 0 unspecified atom stereocenters. The molecule has 0 saturated heterocycles. The van der Waals surface area contributed by atoms with E-state index >= 15 is 0 Å². The van der Waals surface area contributed by atoms with Crippen LogP contribution in [0.1, 0.15) is 10.5 Å². The molecule has 1 amide bonds. The third kappa shape index (κ3) is 2.53. The average Bonchev–Trinajstić information content (AvgIpc) is 2.62. The van der Waals surface area contributed by atoms with Crippen molar-refractivity contribution in [2.45, 2.75) is 0 Å². The zero-order valence-electron chi connectivity index (χ0n) is 9.58. The van der Waals surface area contributed by atoms with Crippen molar-refractivity contribution in [3.8, 4) is 0 Å². The van der Waals surface area contributed by atoms with Crippen molar-refractivity contribution in [3.63, 3.8) is 0 Å². The van der Waals surface area contributed by atoms with E-state index in [1.807, 2.05) is 0 Å². The van der Waals surface area contributed by atoms with E-state index < -0.39 is 0 Å². The number of anilines is 2. The summed E-state index contributed by atoms with van der Waals surface area (Å²) in [5.74, 6) is -0.676. The molecule has 2 aromatic rings. The predicted molar refractivity (Wildman–Crippen MR) is 71.9 cm³/mol. The lowest BCUT2D eigenvalue weighted by atomic mass is 10.3. The van der Waals surface area contributed by atoms with E-state index in [-0.39, 0.29) is 11.7 Å². The van der Waals surface area contributed by atoms with Crippen LogP contribution in [0.4, 0.5) is 15.8 Å². The summed E-state index contributed by atoms with van der Waals surface area (Å²) in [6, 6.07) is 5.63. The lowest BCUT2D eigenvalue weighted by Crippen LogP contribution is -2.15. The van der Waals surface area contributed by atoms with E-state index in [4.69, 9.17) is 5.73 Å². The maximum atomic E-state index is 12.9. The first kappa shape index (κ1) is 12.6. The number of aromatic nitrogens is 1. The Bertz CT molecular complexity index is 609. The summed E-state index contributed by atoms with van der Waals surface area (Å²) in [6.45, 7) is 0. The maximum absolute atomic E-state index is 12.9. The molecule has 1 aromatic heterocycles. The second kappa shape index (κ2) is 4.81. The molecular weight excluding hydrogens is 301 g/mol. The molecule has 4 nitrogen and oxygen atoms in total. The summed E-state index contributed by atoms with van der Waals surface area (Å²) in [7, 11) is 1.73. The Labute approximate surface area is 112 Å². The van der Waals surface area contributed by atoms with Crippen LogP contribution in [0.25, 0.3) is 0 Å². The summed E-state index contributed by atoms with van der Waals surface area (Å²) >= 11 is 3.19. The number of carbonyl (C=O) groups excluding carboxylic acids is 1.